The van der Waals surface area contributed by atoms with Gasteiger partial charge in [0.1, 0.15) is 0 Å². The predicted octanol–water partition coefficient (Wildman–Crippen LogP) is 4.63. The molecule has 0 unspecified atom stereocenters. The van der Waals surface area contributed by atoms with E-state index in [1.807, 2.05) is 44.2 Å². The number of aryl methyl sites for hydroxylation is 2. The fourth-order valence-corrected chi connectivity index (χ4v) is 5.65. The summed E-state index contributed by atoms with van der Waals surface area (Å²) in [6.45, 7) is 4.15. The molecule has 32 heavy (non-hydrogen) atoms. The monoisotopic (exact) mass is 490 g/mol. The van der Waals surface area contributed by atoms with Gasteiger partial charge < -0.3 is 5.32 Å². The van der Waals surface area contributed by atoms with Gasteiger partial charge in [0.25, 0.3) is 0 Å². The van der Waals surface area contributed by atoms with E-state index in [-0.39, 0.29) is 18.9 Å². The summed E-state index contributed by atoms with van der Waals surface area (Å²) in [7, 11) is -3.45. The minimum absolute atomic E-state index is 0.183. The number of hydrogen-bond acceptors (Lipinski definition) is 7. The SMILES string of the molecule is Cc1ccc(N(CCCC(=O)Nc2nnc(SCc3ccccc3)s2)S(C)(=O)=O)cc1C. The molecule has 0 saturated heterocycles. The van der Waals surface area contributed by atoms with E-state index in [1.165, 1.54) is 27.5 Å². The zero-order valence-corrected chi connectivity index (χ0v) is 20.7. The number of aromatic nitrogens is 2. The van der Waals surface area contributed by atoms with Gasteiger partial charge in [-0.05, 0) is 49.1 Å². The number of sulfonamides is 1. The minimum Gasteiger partial charge on any atom is -0.301 e. The Morgan fingerprint density at radius 1 is 1.09 bits per heavy atom. The number of nitrogens with zero attached hydrogens (tertiary/aromatic N) is 3. The summed E-state index contributed by atoms with van der Waals surface area (Å²) < 4.78 is 26.7. The number of nitrogens with one attached hydrogen (secondary N) is 1. The standard InChI is InChI=1S/C22H26N4O3S3/c1-16-11-12-19(14-17(16)2)26(32(3,28)29)13-7-10-20(27)23-21-24-25-22(31-21)30-15-18-8-5-4-6-9-18/h4-6,8-9,11-12,14H,7,10,13,15H2,1-3H3,(H,23,24,27). The van der Waals surface area contributed by atoms with Crippen molar-refractivity contribution in [1.29, 1.82) is 0 Å². The Balaban J connectivity index is 1.50. The average Bonchev–Trinajstić information content (AvgIpc) is 3.19. The molecular formula is C22H26N4O3S3. The van der Waals surface area contributed by atoms with Gasteiger partial charge in [-0.25, -0.2) is 8.42 Å². The van der Waals surface area contributed by atoms with Crippen LogP contribution in [-0.2, 0) is 20.6 Å². The highest BCUT2D eigenvalue weighted by Gasteiger charge is 2.18. The maximum absolute atomic E-state index is 12.3. The van der Waals surface area contributed by atoms with E-state index in [9.17, 15) is 13.2 Å². The second-order valence-corrected chi connectivity index (χ2v) is 11.5. The first-order chi connectivity index (χ1) is 15.2. The van der Waals surface area contributed by atoms with E-state index in [4.69, 9.17) is 0 Å². The van der Waals surface area contributed by atoms with E-state index in [0.29, 0.717) is 17.2 Å². The van der Waals surface area contributed by atoms with E-state index < -0.39 is 10.0 Å². The first-order valence-electron chi connectivity index (χ1n) is 10.1. The maximum atomic E-state index is 12.3. The Morgan fingerprint density at radius 2 is 1.84 bits per heavy atom. The number of anilines is 2. The lowest BCUT2D eigenvalue weighted by Crippen LogP contribution is -2.31. The van der Waals surface area contributed by atoms with Crippen molar-refractivity contribution in [3.63, 3.8) is 0 Å². The van der Waals surface area contributed by atoms with Crippen molar-refractivity contribution in [2.45, 2.75) is 36.8 Å². The molecule has 1 aromatic heterocycles. The van der Waals surface area contributed by atoms with Gasteiger partial charge in [-0.2, -0.15) is 0 Å². The lowest BCUT2D eigenvalue weighted by Gasteiger charge is -2.23. The van der Waals surface area contributed by atoms with Crippen LogP contribution in [-0.4, -0.2) is 37.3 Å². The van der Waals surface area contributed by atoms with Gasteiger partial charge in [0.05, 0.1) is 11.9 Å². The fraction of sp³-hybridized carbons (Fsp3) is 0.318. The number of thioether (sulfide) groups is 1. The summed E-state index contributed by atoms with van der Waals surface area (Å²) in [4.78, 5) is 12.3. The van der Waals surface area contributed by atoms with Crippen molar-refractivity contribution < 1.29 is 13.2 Å². The molecule has 1 N–H and O–H groups in total. The molecule has 10 heteroatoms. The van der Waals surface area contributed by atoms with Crippen molar-refractivity contribution in [3.8, 4) is 0 Å². The van der Waals surface area contributed by atoms with Crippen LogP contribution >= 0.6 is 23.1 Å². The third kappa shape index (κ3) is 7.04. The van der Waals surface area contributed by atoms with Crippen molar-refractivity contribution in [2.24, 2.45) is 0 Å². The zero-order chi connectivity index (χ0) is 23.1. The highest BCUT2D eigenvalue weighted by Crippen LogP contribution is 2.28. The van der Waals surface area contributed by atoms with E-state index in [2.05, 4.69) is 27.6 Å². The maximum Gasteiger partial charge on any atom is 0.232 e. The number of benzene rings is 2. The predicted molar refractivity (Wildman–Crippen MR) is 132 cm³/mol. The quantitative estimate of drug-likeness (QED) is 0.329. The van der Waals surface area contributed by atoms with Gasteiger partial charge in [0.15, 0.2) is 4.34 Å². The van der Waals surface area contributed by atoms with Gasteiger partial charge >= 0.3 is 0 Å². The molecule has 0 atom stereocenters. The normalized spacial score (nSPS) is 11.3. The molecule has 2 aromatic carbocycles. The summed E-state index contributed by atoms with van der Waals surface area (Å²) in [5, 5.41) is 11.3. The molecule has 0 aliphatic carbocycles. The molecule has 3 rings (SSSR count). The number of rotatable bonds is 10. The molecule has 0 aliphatic heterocycles. The summed E-state index contributed by atoms with van der Waals surface area (Å²) >= 11 is 2.89. The van der Waals surface area contributed by atoms with Crippen LogP contribution in [0.25, 0.3) is 0 Å². The van der Waals surface area contributed by atoms with E-state index in [0.717, 1.165) is 21.2 Å². The largest absolute Gasteiger partial charge is 0.301 e. The van der Waals surface area contributed by atoms with Crippen molar-refractivity contribution in [2.75, 3.05) is 22.4 Å². The summed E-state index contributed by atoms with van der Waals surface area (Å²) in [6.07, 6.45) is 1.75. The molecular weight excluding hydrogens is 464 g/mol. The Labute approximate surface area is 197 Å². The van der Waals surface area contributed by atoms with Crippen molar-refractivity contribution >= 4 is 49.8 Å². The Kier molecular flexibility index (Phi) is 8.27. The van der Waals surface area contributed by atoms with Crippen molar-refractivity contribution in [3.05, 3.63) is 65.2 Å². The Bertz CT molecular complexity index is 1160. The van der Waals surface area contributed by atoms with Crippen molar-refractivity contribution in [1.82, 2.24) is 10.2 Å². The molecule has 0 spiro atoms. The van der Waals surface area contributed by atoms with Gasteiger partial charge in [-0.15, -0.1) is 10.2 Å². The topological polar surface area (TPSA) is 92.3 Å². The van der Waals surface area contributed by atoms with Gasteiger partial charge in [-0.3, -0.25) is 9.10 Å². The molecule has 0 radical (unpaired) electrons. The minimum atomic E-state index is -3.45. The van der Waals surface area contributed by atoms with Crippen LogP contribution in [0.5, 0.6) is 0 Å². The molecule has 0 fully saturated rings. The van der Waals surface area contributed by atoms with Crippen LogP contribution < -0.4 is 9.62 Å². The highest BCUT2D eigenvalue weighted by atomic mass is 32.2. The third-order valence-electron chi connectivity index (χ3n) is 4.80. The van der Waals surface area contributed by atoms with E-state index in [1.54, 1.807) is 17.8 Å². The molecule has 7 nitrogen and oxygen atoms in total. The van der Waals surface area contributed by atoms with E-state index >= 15 is 0 Å². The van der Waals surface area contributed by atoms with Crippen LogP contribution in [0.2, 0.25) is 0 Å². The molecule has 1 amide bonds. The van der Waals surface area contributed by atoms with Crippen LogP contribution in [0.15, 0.2) is 52.9 Å². The number of carbonyl (C=O) groups is 1. The second kappa shape index (κ2) is 10.9. The first kappa shape index (κ1) is 24.2. The van der Waals surface area contributed by atoms with Crippen LogP contribution in [0.1, 0.15) is 29.5 Å². The summed E-state index contributed by atoms with van der Waals surface area (Å²) in [5.74, 6) is 0.567. The molecule has 0 bridgehead atoms. The second-order valence-electron chi connectivity index (χ2n) is 7.40. The van der Waals surface area contributed by atoms with Crippen LogP contribution in [0.3, 0.4) is 0 Å². The fourth-order valence-electron chi connectivity index (χ4n) is 2.97. The molecule has 0 saturated carbocycles. The summed E-state index contributed by atoms with van der Waals surface area (Å²) in [5.41, 5.74) is 3.92. The molecule has 0 aliphatic rings. The number of amides is 1. The Hall–Kier alpha value is -2.43. The number of carbonyl (C=O) groups excluding carboxylic acids is 1. The lowest BCUT2D eigenvalue weighted by atomic mass is 10.1. The van der Waals surface area contributed by atoms with Gasteiger partial charge in [-0.1, -0.05) is 59.5 Å². The average molecular weight is 491 g/mol. The van der Waals surface area contributed by atoms with Crippen LogP contribution in [0.4, 0.5) is 10.8 Å². The molecule has 1 heterocycles. The third-order valence-corrected chi connectivity index (χ3v) is 8.04. The van der Waals surface area contributed by atoms with Crippen LogP contribution in [0, 0.1) is 13.8 Å². The number of hydrogen-bond donors (Lipinski definition) is 1. The highest BCUT2D eigenvalue weighted by molar-refractivity contribution is 8.00. The first-order valence-corrected chi connectivity index (χ1v) is 13.7. The smallest absolute Gasteiger partial charge is 0.232 e. The van der Waals surface area contributed by atoms with Gasteiger partial charge in [0, 0.05) is 18.7 Å². The molecule has 3 aromatic rings. The summed E-state index contributed by atoms with van der Waals surface area (Å²) in [6, 6.07) is 15.6. The van der Waals surface area contributed by atoms with Gasteiger partial charge in [0.2, 0.25) is 21.1 Å². The lowest BCUT2D eigenvalue weighted by molar-refractivity contribution is -0.116. The zero-order valence-electron chi connectivity index (χ0n) is 18.2. The molecule has 170 valence electrons. The Morgan fingerprint density at radius 3 is 2.53 bits per heavy atom.